The lowest BCUT2D eigenvalue weighted by atomic mass is 9.89. The van der Waals surface area contributed by atoms with E-state index in [1.165, 1.54) is 6.07 Å². The highest BCUT2D eigenvalue weighted by Gasteiger charge is 2.47. The van der Waals surface area contributed by atoms with Gasteiger partial charge in [-0.15, -0.1) is 0 Å². The molecule has 5 heteroatoms. The van der Waals surface area contributed by atoms with Gasteiger partial charge in [0, 0.05) is 12.1 Å². The molecule has 0 spiro atoms. The number of nitrogens with one attached hydrogen (secondary N) is 1. The van der Waals surface area contributed by atoms with Crippen LogP contribution in [0.15, 0.2) is 18.2 Å². The van der Waals surface area contributed by atoms with E-state index in [9.17, 15) is 14.5 Å². The molecule has 1 aliphatic carbocycles. The third-order valence-electron chi connectivity index (χ3n) is 4.12. The first-order valence-corrected chi connectivity index (χ1v) is 6.65. The summed E-state index contributed by atoms with van der Waals surface area (Å²) in [6, 6.07) is 4.73. The highest BCUT2D eigenvalue weighted by molar-refractivity contribution is 5.37. The molecular formula is C14H19FN2O2. The number of nitro groups is 1. The molecule has 0 aromatic heterocycles. The van der Waals surface area contributed by atoms with Crippen LogP contribution in [0.25, 0.3) is 0 Å². The van der Waals surface area contributed by atoms with Crippen LogP contribution in [-0.4, -0.2) is 17.5 Å². The van der Waals surface area contributed by atoms with Crippen LogP contribution in [0.2, 0.25) is 0 Å². The Hall–Kier alpha value is -1.49. The maximum Gasteiger partial charge on any atom is 0.305 e. The molecule has 1 aromatic carbocycles. The fourth-order valence-electron chi connectivity index (χ4n) is 2.67. The summed E-state index contributed by atoms with van der Waals surface area (Å²) in [5.41, 5.74) is 0.0902. The van der Waals surface area contributed by atoms with Crippen LogP contribution in [0.1, 0.15) is 32.3 Å². The van der Waals surface area contributed by atoms with Crippen molar-refractivity contribution in [3.8, 4) is 0 Å². The highest BCUT2D eigenvalue weighted by Crippen LogP contribution is 2.51. The summed E-state index contributed by atoms with van der Waals surface area (Å²) in [7, 11) is 0. The first kappa shape index (κ1) is 13.9. The zero-order valence-corrected chi connectivity index (χ0v) is 11.3. The Morgan fingerprint density at radius 2 is 2.21 bits per heavy atom. The Labute approximate surface area is 112 Å². The molecule has 2 rings (SSSR count). The molecule has 19 heavy (non-hydrogen) atoms. The van der Waals surface area contributed by atoms with E-state index in [0.29, 0.717) is 18.0 Å². The predicted molar refractivity (Wildman–Crippen MR) is 71.6 cm³/mol. The van der Waals surface area contributed by atoms with Crippen LogP contribution in [0.5, 0.6) is 0 Å². The lowest BCUT2D eigenvalue weighted by Gasteiger charge is -2.24. The van der Waals surface area contributed by atoms with Crippen molar-refractivity contribution in [1.82, 2.24) is 5.32 Å². The lowest BCUT2D eigenvalue weighted by Crippen LogP contribution is -2.36. The second kappa shape index (κ2) is 5.25. The van der Waals surface area contributed by atoms with Crippen LogP contribution in [0.3, 0.4) is 0 Å². The number of benzene rings is 1. The molecule has 0 saturated heterocycles. The van der Waals surface area contributed by atoms with Crippen LogP contribution in [-0.2, 0) is 6.42 Å². The minimum absolute atomic E-state index is 0.0616. The molecule has 104 valence electrons. The number of hydrogen-bond donors (Lipinski definition) is 1. The van der Waals surface area contributed by atoms with Crippen LogP contribution >= 0.6 is 0 Å². The molecule has 0 aliphatic heterocycles. The number of nitro benzene ring substituents is 1. The maximum atomic E-state index is 14.1. The number of rotatable bonds is 6. The minimum atomic E-state index is -0.678. The van der Waals surface area contributed by atoms with Crippen molar-refractivity contribution in [1.29, 1.82) is 0 Å². The summed E-state index contributed by atoms with van der Waals surface area (Å²) in [5.74, 6) is -0.678. The van der Waals surface area contributed by atoms with Gasteiger partial charge in [-0.2, -0.15) is 4.39 Å². The molecular weight excluding hydrogens is 247 g/mol. The van der Waals surface area contributed by atoms with Gasteiger partial charge < -0.3 is 5.32 Å². The molecule has 4 nitrogen and oxygen atoms in total. The summed E-state index contributed by atoms with van der Waals surface area (Å²) in [6.45, 7) is 5.02. The quantitative estimate of drug-likeness (QED) is 0.636. The number of halogens is 1. The van der Waals surface area contributed by atoms with Gasteiger partial charge in [0.15, 0.2) is 0 Å². The molecule has 1 atom stereocenters. The molecule has 0 bridgehead atoms. The van der Waals surface area contributed by atoms with Gasteiger partial charge in [-0.05, 0) is 43.7 Å². The molecule has 0 radical (unpaired) electrons. The third-order valence-corrected chi connectivity index (χ3v) is 4.12. The van der Waals surface area contributed by atoms with Crippen molar-refractivity contribution < 1.29 is 9.31 Å². The average Bonchev–Trinajstić information content (AvgIpc) is 3.13. The van der Waals surface area contributed by atoms with Gasteiger partial charge in [-0.25, -0.2) is 0 Å². The summed E-state index contributed by atoms with van der Waals surface area (Å²) < 4.78 is 14.1. The standard InChI is InChI=1S/C14H19FN2O2/c1-3-16-10(2)14(7-8-14)9-11-5-4-6-12(13(11)15)17(18)19/h4-6,10,16H,3,7-9H2,1-2H3. The number of nitrogens with zero attached hydrogens (tertiary/aromatic N) is 1. The highest BCUT2D eigenvalue weighted by atomic mass is 19.1. The fraction of sp³-hybridized carbons (Fsp3) is 0.571. The second-order valence-electron chi connectivity index (χ2n) is 5.33. The SMILES string of the molecule is CCNC(C)C1(Cc2cccc([N+](=O)[O-])c2F)CC1. The number of hydrogen-bond acceptors (Lipinski definition) is 3. The van der Waals surface area contributed by atoms with Crippen molar-refractivity contribution in [2.75, 3.05) is 6.54 Å². The molecule has 1 N–H and O–H groups in total. The normalized spacial score (nSPS) is 18.1. The second-order valence-corrected chi connectivity index (χ2v) is 5.33. The predicted octanol–water partition coefficient (Wildman–Crippen LogP) is 3.05. The van der Waals surface area contributed by atoms with Gasteiger partial charge in [0.25, 0.3) is 0 Å². The zero-order chi connectivity index (χ0) is 14.0. The van der Waals surface area contributed by atoms with E-state index in [4.69, 9.17) is 0 Å². The summed E-state index contributed by atoms with van der Waals surface area (Å²) in [5, 5.41) is 14.1. The zero-order valence-electron chi connectivity index (χ0n) is 11.3. The fourth-order valence-corrected chi connectivity index (χ4v) is 2.67. The summed E-state index contributed by atoms with van der Waals surface area (Å²) in [6.07, 6.45) is 2.65. The minimum Gasteiger partial charge on any atom is -0.314 e. The smallest absolute Gasteiger partial charge is 0.305 e. The Bertz CT molecular complexity index is 486. The monoisotopic (exact) mass is 266 g/mol. The first-order valence-electron chi connectivity index (χ1n) is 6.65. The average molecular weight is 266 g/mol. The van der Waals surface area contributed by atoms with Crippen LogP contribution in [0.4, 0.5) is 10.1 Å². The van der Waals surface area contributed by atoms with Gasteiger partial charge in [-0.3, -0.25) is 10.1 Å². The van der Waals surface area contributed by atoms with Crippen LogP contribution in [0, 0.1) is 21.3 Å². The van der Waals surface area contributed by atoms with E-state index >= 15 is 0 Å². The van der Waals surface area contributed by atoms with Gasteiger partial charge >= 0.3 is 5.69 Å². The van der Waals surface area contributed by atoms with Crippen molar-refractivity contribution in [3.63, 3.8) is 0 Å². The Morgan fingerprint density at radius 1 is 1.53 bits per heavy atom. The Kier molecular flexibility index (Phi) is 3.85. The summed E-state index contributed by atoms with van der Waals surface area (Å²) in [4.78, 5) is 10.1. The van der Waals surface area contributed by atoms with Gasteiger partial charge in [-0.1, -0.05) is 19.1 Å². The van der Waals surface area contributed by atoms with Gasteiger partial charge in [0.2, 0.25) is 5.82 Å². The Balaban J connectivity index is 2.20. The van der Waals surface area contributed by atoms with Gasteiger partial charge in [0.05, 0.1) is 4.92 Å². The van der Waals surface area contributed by atoms with Crippen molar-refractivity contribution in [2.45, 2.75) is 39.2 Å². The maximum absolute atomic E-state index is 14.1. The molecule has 1 unspecified atom stereocenters. The van der Waals surface area contributed by atoms with E-state index in [0.717, 1.165) is 19.4 Å². The van der Waals surface area contributed by atoms with Gasteiger partial charge in [0.1, 0.15) is 0 Å². The molecule has 1 aromatic rings. The van der Waals surface area contributed by atoms with E-state index in [-0.39, 0.29) is 5.41 Å². The van der Waals surface area contributed by atoms with E-state index in [1.54, 1.807) is 12.1 Å². The Morgan fingerprint density at radius 3 is 2.74 bits per heavy atom. The molecule has 1 fully saturated rings. The van der Waals surface area contributed by atoms with Crippen molar-refractivity contribution in [2.24, 2.45) is 5.41 Å². The topological polar surface area (TPSA) is 55.2 Å². The molecule has 1 saturated carbocycles. The molecule has 0 amide bonds. The van der Waals surface area contributed by atoms with E-state index in [1.807, 2.05) is 6.92 Å². The van der Waals surface area contributed by atoms with E-state index in [2.05, 4.69) is 12.2 Å². The molecule has 1 aliphatic rings. The molecule has 0 heterocycles. The van der Waals surface area contributed by atoms with Crippen molar-refractivity contribution >= 4 is 5.69 Å². The third kappa shape index (κ3) is 2.76. The first-order chi connectivity index (χ1) is 9.00. The summed E-state index contributed by atoms with van der Waals surface area (Å²) >= 11 is 0. The van der Waals surface area contributed by atoms with Crippen molar-refractivity contribution in [3.05, 3.63) is 39.7 Å². The van der Waals surface area contributed by atoms with Crippen LogP contribution < -0.4 is 5.32 Å². The largest absolute Gasteiger partial charge is 0.314 e. The lowest BCUT2D eigenvalue weighted by molar-refractivity contribution is -0.387. The van der Waals surface area contributed by atoms with E-state index < -0.39 is 16.4 Å².